The summed E-state index contributed by atoms with van der Waals surface area (Å²) in [4.78, 5) is 19.0. The van der Waals surface area contributed by atoms with E-state index in [2.05, 4.69) is 15.2 Å². The van der Waals surface area contributed by atoms with E-state index < -0.39 is 0 Å². The second kappa shape index (κ2) is 5.34. The van der Waals surface area contributed by atoms with Gasteiger partial charge in [-0.05, 0) is 18.8 Å². The number of amides is 1. The van der Waals surface area contributed by atoms with Crippen molar-refractivity contribution in [2.75, 3.05) is 43.5 Å². The number of nitrogens with two attached hydrogens (primary N) is 1. The van der Waals surface area contributed by atoms with Crippen molar-refractivity contribution in [3.05, 3.63) is 4.88 Å². The summed E-state index contributed by atoms with van der Waals surface area (Å²) < 4.78 is 5.30. The molecular weight excluding hydrogens is 264 g/mol. The molecule has 1 aromatic heterocycles. The molecule has 1 aliphatic heterocycles. The molecule has 0 radical (unpaired) electrons. The van der Waals surface area contributed by atoms with Crippen LogP contribution < -0.4 is 16.0 Å². The fourth-order valence-corrected chi connectivity index (χ4v) is 2.97. The molecule has 6 nitrogen and oxygen atoms in total. The van der Waals surface area contributed by atoms with E-state index in [0.29, 0.717) is 29.8 Å². The van der Waals surface area contributed by atoms with Gasteiger partial charge >= 0.3 is 0 Å². The molecule has 19 heavy (non-hydrogen) atoms. The number of hydrogen-bond donors (Lipinski definition) is 2. The van der Waals surface area contributed by atoms with Gasteiger partial charge in [-0.1, -0.05) is 11.3 Å². The highest BCUT2D eigenvalue weighted by Gasteiger charge is 2.24. The summed E-state index contributed by atoms with van der Waals surface area (Å²) in [5, 5.41) is 3.74. The molecule has 1 aliphatic carbocycles. The van der Waals surface area contributed by atoms with Gasteiger partial charge in [-0.25, -0.2) is 4.98 Å². The van der Waals surface area contributed by atoms with Gasteiger partial charge in [0, 0.05) is 19.6 Å². The monoisotopic (exact) mass is 282 g/mol. The van der Waals surface area contributed by atoms with Gasteiger partial charge in [0.2, 0.25) is 0 Å². The lowest BCUT2D eigenvalue weighted by Crippen LogP contribution is -2.36. The summed E-state index contributed by atoms with van der Waals surface area (Å²) in [6.45, 7) is 3.75. The minimum Gasteiger partial charge on any atom is -0.382 e. The number of morpholine rings is 1. The Balaban J connectivity index is 1.66. The third-order valence-electron chi connectivity index (χ3n) is 3.38. The van der Waals surface area contributed by atoms with Gasteiger partial charge < -0.3 is 20.7 Å². The summed E-state index contributed by atoms with van der Waals surface area (Å²) in [5.41, 5.74) is 5.85. The lowest BCUT2D eigenvalue weighted by molar-refractivity contribution is 0.0956. The second-order valence-corrected chi connectivity index (χ2v) is 5.94. The van der Waals surface area contributed by atoms with Crippen molar-refractivity contribution < 1.29 is 9.53 Å². The molecule has 3 rings (SSSR count). The molecule has 0 aromatic carbocycles. The van der Waals surface area contributed by atoms with Crippen LogP contribution in [0, 0.1) is 5.92 Å². The highest BCUT2D eigenvalue weighted by atomic mass is 32.1. The first kappa shape index (κ1) is 12.7. The van der Waals surface area contributed by atoms with E-state index >= 15 is 0 Å². The Labute approximate surface area is 115 Å². The molecule has 1 saturated carbocycles. The third-order valence-corrected chi connectivity index (χ3v) is 4.51. The first-order valence-electron chi connectivity index (χ1n) is 6.61. The fraction of sp³-hybridized carbons (Fsp3) is 0.667. The number of carbonyl (C=O) groups excluding carboxylic acids is 1. The highest BCUT2D eigenvalue weighted by Crippen LogP contribution is 2.30. The van der Waals surface area contributed by atoms with Crippen LogP contribution in [0.15, 0.2) is 0 Å². The Morgan fingerprint density at radius 3 is 2.89 bits per heavy atom. The number of carbonyl (C=O) groups is 1. The van der Waals surface area contributed by atoms with E-state index in [1.807, 2.05) is 0 Å². The number of thiazole rings is 1. The third kappa shape index (κ3) is 2.98. The molecule has 2 heterocycles. The lowest BCUT2D eigenvalue weighted by atomic mass is 10.4. The van der Waals surface area contributed by atoms with Gasteiger partial charge in [-0.3, -0.25) is 4.79 Å². The molecule has 104 valence electrons. The van der Waals surface area contributed by atoms with Crippen LogP contribution in [0.25, 0.3) is 0 Å². The average Bonchev–Trinajstić information content (AvgIpc) is 3.18. The van der Waals surface area contributed by atoms with Crippen LogP contribution in [0.1, 0.15) is 22.5 Å². The quantitative estimate of drug-likeness (QED) is 0.850. The lowest BCUT2D eigenvalue weighted by Gasteiger charge is -2.25. The molecule has 2 aliphatic rings. The zero-order valence-corrected chi connectivity index (χ0v) is 11.5. The van der Waals surface area contributed by atoms with Gasteiger partial charge in [-0.2, -0.15) is 0 Å². The largest absolute Gasteiger partial charge is 0.382 e. The summed E-state index contributed by atoms with van der Waals surface area (Å²) in [5.74, 6) is 0.901. The van der Waals surface area contributed by atoms with Gasteiger partial charge in [0.15, 0.2) is 5.13 Å². The number of hydrogen-bond acceptors (Lipinski definition) is 6. The fourth-order valence-electron chi connectivity index (χ4n) is 2.01. The topological polar surface area (TPSA) is 80.5 Å². The van der Waals surface area contributed by atoms with Crippen LogP contribution >= 0.6 is 11.3 Å². The average molecular weight is 282 g/mol. The van der Waals surface area contributed by atoms with Crippen molar-refractivity contribution in [1.82, 2.24) is 10.3 Å². The summed E-state index contributed by atoms with van der Waals surface area (Å²) in [6, 6.07) is 0. The van der Waals surface area contributed by atoms with Crippen LogP contribution in [0.5, 0.6) is 0 Å². The Bertz CT molecular complexity index is 466. The number of nitrogens with one attached hydrogen (secondary N) is 1. The van der Waals surface area contributed by atoms with E-state index in [4.69, 9.17) is 10.5 Å². The van der Waals surface area contributed by atoms with Crippen molar-refractivity contribution in [2.45, 2.75) is 12.8 Å². The van der Waals surface area contributed by atoms with E-state index in [1.165, 1.54) is 24.2 Å². The van der Waals surface area contributed by atoms with Crippen molar-refractivity contribution in [2.24, 2.45) is 5.92 Å². The second-order valence-electron chi connectivity index (χ2n) is 4.96. The number of ether oxygens (including phenoxy) is 1. The Hall–Kier alpha value is -1.34. The van der Waals surface area contributed by atoms with Gasteiger partial charge in [0.1, 0.15) is 10.7 Å². The first-order valence-corrected chi connectivity index (χ1v) is 7.43. The molecule has 2 fully saturated rings. The molecule has 0 spiro atoms. The van der Waals surface area contributed by atoms with Gasteiger partial charge in [0.25, 0.3) is 5.91 Å². The van der Waals surface area contributed by atoms with Gasteiger partial charge in [-0.15, -0.1) is 0 Å². The maximum absolute atomic E-state index is 12.0. The number of anilines is 2. The summed E-state index contributed by atoms with van der Waals surface area (Å²) >= 11 is 1.37. The molecule has 1 aromatic rings. The highest BCUT2D eigenvalue weighted by molar-refractivity contribution is 7.18. The van der Waals surface area contributed by atoms with Crippen LogP contribution in [0.3, 0.4) is 0 Å². The zero-order valence-electron chi connectivity index (χ0n) is 10.7. The number of nitrogens with zero attached hydrogens (tertiary/aromatic N) is 2. The summed E-state index contributed by atoms with van der Waals surface area (Å²) in [6.07, 6.45) is 2.44. The molecule has 1 saturated heterocycles. The Kier molecular flexibility index (Phi) is 3.56. The maximum Gasteiger partial charge on any atom is 0.265 e. The van der Waals surface area contributed by atoms with Crippen molar-refractivity contribution in [3.63, 3.8) is 0 Å². The minimum absolute atomic E-state index is 0.0959. The first-order chi connectivity index (χ1) is 9.24. The van der Waals surface area contributed by atoms with Crippen molar-refractivity contribution in [1.29, 1.82) is 0 Å². The molecule has 0 unspecified atom stereocenters. The smallest absolute Gasteiger partial charge is 0.265 e. The van der Waals surface area contributed by atoms with Crippen molar-refractivity contribution in [3.8, 4) is 0 Å². The van der Waals surface area contributed by atoms with Crippen LogP contribution in [0.4, 0.5) is 10.9 Å². The summed E-state index contributed by atoms with van der Waals surface area (Å²) in [7, 11) is 0. The number of nitrogen functional groups attached to an aromatic ring is 1. The van der Waals surface area contributed by atoms with E-state index in [0.717, 1.165) is 24.8 Å². The van der Waals surface area contributed by atoms with E-state index in [1.54, 1.807) is 0 Å². The molecule has 1 amide bonds. The Morgan fingerprint density at radius 1 is 1.47 bits per heavy atom. The predicted octanol–water partition coefficient (Wildman–Crippen LogP) is 0.702. The zero-order chi connectivity index (χ0) is 13.2. The maximum atomic E-state index is 12.0. The Morgan fingerprint density at radius 2 is 2.21 bits per heavy atom. The normalized spacial score (nSPS) is 19.5. The minimum atomic E-state index is -0.0959. The SMILES string of the molecule is Nc1nc(N2CCOCC2)sc1C(=O)NCC1CC1. The molecule has 3 N–H and O–H groups in total. The van der Waals surface area contributed by atoms with Crippen LogP contribution in [-0.4, -0.2) is 43.7 Å². The van der Waals surface area contributed by atoms with Crippen LogP contribution in [0.2, 0.25) is 0 Å². The van der Waals surface area contributed by atoms with E-state index in [-0.39, 0.29) is 5.91 Å². The number of aromatic nitrogens is 1. The standard InChI is InChI=1S/C12H18N4O2S/c13-10-9(11(17)14-7-8-1-2-8)19-12(15-10)16-3-5-18-6-4-16/h8H,1-7,13H2,(H,14,17). The molecule has 7 heteroatoms. The number of rotatable bonds is 4. The van der Waals surface area contributed by atoms with Gasteiger partial charge in [0.05, 0.1) is 13.2 Å². The van der Waals surface area contributed by atoms with E-state index in [9.17, 15) is 4.79 Å². The molecule has 0 bridgehead atoms. The predicted molar refractivity (Wildman–Crippen MR) is 74.6 cm³/mol. The molecule has 0 atom stereocenters. The van der Waals surface area contributed by atoms with Crippen LogP contribution in [-0.2, 0) is 4.74 Å². The molecular formula is C12H18N4O2S. The van der Waals surface area contributed by atoms with Crippen molar-refractivity contribution >= 4 is 28.2 Å².